The lowest BCUT2D eigenvalue weighted by Crippen LogP contribution is -2.28. The highest BCUT2D eigenvalue weighted by Gasteiger charge is 2.12. The monoisotopic (exact) mass is 330 g/mol. The summed E-state index contributed by atoms with van der Waals surface area (Å²) in [4.78, 5) is 0. The molecular formula is C19H23FN2S. The van der Waals surface area contributed by atoms with Crippen molar-refractivity contribution in [2.24, 2.45) is 0 Å². The summed E-state index contributed by atoms with van der Waals surface area (Å²) >= 11 is 5.30. The lowest BCUT2D eigenvalue weighted by Gasteiger charge is -2.19. The molecule has 2 rings (SSSR count). The topological polar surface area (TPSA) is 24.1 Å². The van der Waals surface area contributed by atoms with E-state index in [1.165, 1.54) is 17.7 Å². The van der Waals surface area contributed by atoms with Gasteiger partial charge in [0.05, 0.1) is 0 Å². The molecule has 2 aromatic rings. The quantitative estimate of drug-likeness (QED) is 0.781. The number of nitrogens with one attached hydrogen (secondary N) is 2. The van der Waals surface area contributed by atoms with E-state index in [0.29, 0.717) is 11.7 Å². The SMILES string of the molecule is Cc1ccc(F)cc1CNC(=S)Nc1ccc(C(C)(C)C)cc1. The van der Waals surface area contributed by atoms with Gasteiger partial charge in [-0.05, 0) is 65.5 Å². The highest BCUT2D eigenvalue weighted by Crippen LogP contribution is 2.23. The standard InChI is InChI=1S/C19H23FN2S/c1-13-5-8-16(20)11-14(13)12-21-18(23)22-17-9-6-15(7-10-17)19(2,3)4/h5-11H,12H2,1-4H3,(H2,21,22,23). The molecule has 0 aliphatic carbocycles. The van der Waals surface area contributed by atoms with E-state index < -0.39 is 0 Å². The van der Waals surface area contributed by atoms with Gasteiger partial charge in [0.25, 0.3) is 0 Å². The van der Waals surface area contributed by atoms with Gasteiger partial charge < -0.3 is 10.6 Å². The molecule has 122 valence electrons. The summed E-state index contributed by atoms with van der Waals surface area (Å²) in [5, 5.41) is 6.79. The fourth-order valence-corrected chi connectivity index (χ4v) is 2.42. The van der Waals surface area contributed by atoms with Gasteiger partial charge >= 0.3 is 0 Å². The Hall–Kier alpha value is -1.94. The van der Waals surface area contributed by atoms with Gasteiger partial charge in [-0.25, -0.2) is 4.39 Å². The molecule has 23 heavy (non-hydrogen) atoms. The van der Waals surface area contributed by atoms with Gasteiger partial charge in [-0.2, -0.15) is 0 Å². The van der Waals surface area contributed by atoms with E-state index in [-0.39, 0.29) is 11.2 Å². The van der Waals surface area contributed by atoms with E-state index in [4.69, 9.17) is 12.2 Å². The molecule has 4 heteroatoms. The van der Waals surface area contributed by atoms with E-state index >= 15 is 0 Å². The number of benzene rings is 2. The molecule has 0 radical (unpaired) electrons. The number of rotatable bonds is 3. The fourth-order valence-electron chi connectivity index (χ4n) is 2.23. The maximum Gasteiger partial charge on any atom is 0.171 e. The van der Waals surface area contributed by atoms with Crippen LogP contribution in [0.1, 0.15) is 37.5 Å². The maximum atomic E-state index is 13.3. The predicted molar refractivity (Wildman–Crippen MR) is 99.3 cm³/mol. The molecular weight excluding hydrogens is 307 g/mol. The first kappa shape index (κ1) is 17.4. The number of thiocarbonyl (C=S) groups is 1. The summed E-state index contributed by atoms with van der Waals surface area (Å²) in [6.45, 7) is 9.00. The Morgan fingerprint density at radius 1 is 1.09 bits per heavy atom. The first-order valence-corrected chi connectivity index (χ1v) is 8.07. The number of anilines is 1. The number of aryl methyl sites for hydroxylation is 1. The Kier molecular flexibility index (Phi) is 5.37. The highest BCUT2D eigenvalue weighted by molar-refractivity contribution is 7.80. The Morgan fingerprint density at radius 2 is 1.74 bits per heavy atom. The largest absolute Gasteiger partial charge is 0.358 e. The average Bonchev–Trinajstić information content (AvgIpc) is 2.48. The first-order valence-electron chi connectivity index (χ1n) is 7.66. The molecule has 0 heterocycles. The van der Waals surface area contributed by atoms with Crippen molar-refractivity contribution >= 4 is 23.0 Å². The summed E-state index contributed by atoms with van der Waals surface area (Å²) < 4.78 is 13.3. The second-order valence-electron chi connectivity index (χ2n) is 6.71. The zero-order valence-corrected chi connectivity index (χ0v) is 14.9. The van der Waals surface area contributed by atoms with Crippen LogP contribution in [0.2, 0.25) is 0 Å². The smallest absolute Gasteiger partial charge is 0.171 e. The van der Waals surface area contributed by atoms with Crippen LogP contribution in [0.5, 0.6) is 0 Å². The van der Waals surface area contributed by atoms with Gasteiger partial charge in [-0.1, -0.05) is 39.0 Å². The van der Waals surface area contributed by atoms with E-state index in [9.17, 15) is 4.39 Å². The molecule has 0 saturated heterocycles. The summed E-state index contributed by atoms with van der Waals surface area (Å²) in [6, 6.07) is 13.0. The maximum absolute atomic E-state index is 13.3. The van der Waals surface area contributed by atoms with Gasteiger partial charge in [0, 0.05) is 12.2 Å². The van der Waals surface area contributed by atoms with Crippen LogP contribution in [0.3, 0.4) is 0 Å². The van der Waals surface area contributed by atoms with Gasteiger partial charge in [0.15, 0.2) is 5.11 Å². The molecule has 0 amide bonds. The van der Waals surface area contributed by atoms with Crippen molar-refractivity contribution in [1.82, 2.24) is 5.32 Å². The van der Waals surface area contributed by atoms with Crippen molar-refractivity contribution in [3.8, 4) is 0 Å². The van der Waals surface area contributed by atoms with Crippen molar-refractivity contribution in [3.05, 3.63) is 65.0 Å². The van der Waals surface area contributed by atoms with Crippen LogP contribution < -0.4 is 10.6 Å². The Balaban J connectivity index is 1.93. The Bertz CT molecular complexity index is 688. The minimum absolute atomic E-state index is 0.131. The highest BCUT2D eigenvalue weighted by atomic mass is 32.1. The van der Waals surface area contributed by atoms with E-state index in [0.717, 1.165) is 16.8 Å². The van der Waals surface area contributed by atoms with Crippen molar-refractivity contribution in [2.45, 2.75) is 39.7 Å². The normalized spacial score (nSPS) is 11.2. The van der Waals surface area contributed by atoms with Crippen LogP contribution in [0.15, 0.2) is 42.5 Å². The second-order valence-corrected chi connectivity index (χ2v) is 7.11. The number of hydrogen-bond donors (Lipinski definition) is 2. The number of hydrogen-bond acceptors (Lipinski definition) is 1. The van der Waals surface area contributed by atoms with Crippen molar-refractivity contribution in [2.75, 3.05) is 5.32 Å². The molecule has 0 atom stereocenters. The van der Waals surface area contributed by atoms with Crippen LogP contribution in [0.4, 0.5) is 10.1 Å². The van der Waals surface area contributed by atoms with Crippen LogP contribution in [0.25, 0.3) is 0 Å². The van der Waals surface area contributed by atoms with Crippen molar-refractivity contribution in [3.63, 3.8) is 0 Å². The van der Waals surface area contributed by atoms with Gasteiger partial charge in [-0.15, -0.1) is 0 Å². The van der Waals surface area contributed by atoms with Gasteiger partial charge in [-0.3, -0.25) is 0 Å². The Labute approximate surface area is 143 Å². The third-order valence-electron chi connectivity index (χ3n) is 3.76. The Morgan fingerprint density at radius 3 is 2.35 bits per heavy atom. The third-order valence-corrected chi connectivity index (χ3v) is 4.01. The first-order chi connectivity index (χ1) is 10.8. The molecule has 0 aliphatic rings. The molecule has 0 aromatic heterocycles. The minimum Gasteiger partial charge on any atom is -0.358 e. The number of halogens is 1. The summed E-state index contributed by atoms with van der Waals surface area (Å²) in [6.07, 6.45) is 0. The second kappa shape index (κ2) is 7.09. The average molecular weight is 330 g/mol. The molecule has 2 aromatic carbocycles. The van der Waals surface area contributed by atoms with E-state index in [1.807, 2.05) is 19.1 Å². The minimum atomic E-state index is -0.232. The fraction of sp³-hybridized carbons (Fsp3) is 0.316. The molecule has 2 N–H and O–H groups in total. The molecule has 0 bridgehead atoms. The van der Waals surface area contributed by atoms with E-state index in [2.05, 4.69) is 43.5 Å². The van der Waals surface area contributed by atoms with Gasteiger partial charge in [0.2, 0.25) is 0 Å². The van der Waals surface area contributed by atoms with Crippen LogP contribution >= 0.6 is 12.2 Å². The van der Waals surface area contributed by atoms with Crippen molar-refractivity contribution < 1.29 is 4.39 Å². The molecule has 0 saturated carbocycles. The zero-order chi connectivity index (χ0) is 17.0. The lowest BCUT2D eigenvalue weighted by atomic mass is 9.87. The summed E-state index contributed by atoms with van der Waals surface area (Å²) in [5.74, 6) is -0.232. The van der Waals surface area contributed by atoms with E-state index in [1.54, 1.807) is 6.07 Å². The van der Waals surface area contributed by atoms with Crippen LogP contribution in [-0.4, -0.2) is 5.11 Å². The molecule has 2 nitrogen and oxygen atoms in total. The predicted octanol–water partition coefficient (Wildman–Crippen LogP) is 4.92. The van der Waals surface area contributed by atoms with Crippen LogP contribution in [-0.2, 0) is 12.0 Å². The molecule has 0 aliphatic heterocycles. The van der Waals surface area contributed by atoms with Crippen molar-refractivity contribution in [1.29, 1.82) is 0 Å². The third kappa shape index (κ3) is 5.03. The summed E-state index contributed by atoms with van der Waals surface area (Å²) in [7, 11) is 0. The molecule has 0 spiro atoms. The molecule has 0 fully saturated rings. The molecule has 0 unspecified atom stereocenters. The summed E-state index contributed by atoms with van der Waals surface area (Å²) in [5.41, 5.74) is 4.28. The lowest BCUT2D eigenvalue weighted by molar-refractivity contribution is 0.590. The zero-order valence-electron chi connectivity index (χ0n) is 14.0. The van der Waals surface area contributed by atoms with Crippen LogP contribution in [0, 0.1) is 12.7 Å². The van der Waals surface area contributed by atoms with Gasteiger partial charge in [0.1, 0.15) is 5.82 Å².